The van der Waals surface area contributed by atoms with Gasteiger partial charge in [-0.3, -0.25) is 4.98 Å². The van der Waals surface area contributed by atoms with Crippen molar-refractivity contribution in [1.82, 2.24) is 15.1 Å². The maximum absolute atomic E-state index is 14.0. The number of hydrogen-bond donors (Lipinski definition) is 1. The summed E-state index contributed by atoms with van der Waals surface area (Å²) in [5, 5.41) is 14.4. The van der Waals surface area contributed by atoms with Gasteiger partial charge in [-0.05, 0) is 57.4 Å². The number of rotatable bonds is 10. The lowest BCUT2D eigenvalue weighted by molar-refractivity contribution is -0.150. The van der Waals surface area contributed by atoms with Crippen LogP contribution < -0.4 is 4.74 Å². The molecule has 8 nitrogen and oxygen atoms in total. The van der Waals surface area contributed by atoms with E-state index in [1.165, 1.54) is 18.6 Å². The minimum atomic E-state index is -3.36. The van der Waals surface area contributed by atoms with Gasteiger partial charge in [-0.15, -0.1) is 0 Å². The summed E-state index contributed by atoms with van der Waals surface area (Å²) in [6, 6.07) is 1.08. The van der Waals surface area contributed by atoms with Crippen LogP contribution in [0.4, 0.5) is 8.78 Å². The molecule has 2 bridgehead atoms. The van der Waals surface area contributed by atoms with Crippen LogP contribution in [0.2, 0.25) is 10.0 Å². The molecule has 7 rings (SSSR count). The number of carbonyl (C=O) groups is 1. The summed E-state index contributed by atoms with van der Waals surface area (Å²) in [6.45, 7) is 1.32. The summed E-state index contributed by atoms with van der Waals surface area (Å²) in [5.74, 6) is -3.57. The van der Waals surface area contributed by atoms with E-state index in [0.717, 1.165) is 68.8 Å². The number of pyridine rings is 2. The molecule has 3 aromatic heterocycles. The second-order valence-corrected chi connectivity index (χ2v) is 12.5. The van der Waals surface area contributed by atoms with E-state index in [9.17, 15) is 18.7 Å². The number of fused-ring (bicyclic) bond motifs is 3. The number of carboxylic acid groups (broad SMARTS) is 1. The second kappa shape index (κ2) is 10.5. The number of nitrogens with zero attached hydrogens (tertiary/aromatic N) is 3. The van der Waals surface area contributed by atoms with Crippen molar-refractivity contribution in [2.24, 2.45) is 5.41 Å². The second-order valence-electron chi connectivity index (χ2n) is 11.6. The molecule has 0 unspecified atom stereocenters. The van der Waals surface area contributed by atoms with Gasteiger partial charge in [0.15, 0.2) is 5.69 Å². The van der Waals surface area contributed by atoms with Crippen LogP contribution in [-0.4, -0.2) is 38.4 Å². The van der Waals surface area contributed by atoms with Crippen molar-refractivity contribution in [3.05, 3.63) is 57.3 Å². The molecule has 4 aliphatic carbocycles. The topological polar surface area (TPSA) is 108 Å². The number of halogens is 4. The first-order chi connectivity index (χ1) is 19.5. The molecule has 4 fully saturated rings. The Balaban J connectivity index is 1.13. The average Bonchev–Trinajstić information content (AvgIpc) is 3.71. The minimum Gasteiger partial charge on any atom is -0.491 e. The molecular formula is C29H29Cl2F2N3O5. The fraction of sp³-hybridized carbons (Fsp3) is 0.517. The molecule has 0 amide bonds. The van der Waals surface area contributed by atoms with Crippen molar-refractivity contribution in [2.75, 3.05) is 6.61 Å². The Bertz CT molecular complexity index is 1440. The molecule has 3 aromatic rings. The van der Waals surface area contributed by atoms with Crippen LogP contribution in [0.5, 0.6) is 5.75 Å². The number of aromatic nitrogens is 3. The third kappa shape index (κ3) is 5.53. The number of aromatic carboxylic acids is 1. The van der Waals surface area contributed by atoms with Crippen molar-refractivity contribution in [1.29, 1.82) is 0 Å². The molecule has 1 N–H and O–H groups in total. The molecule has 0 aliphatic heterocycles. The zero-order chi connectivity index (χ0) is 29.0. The highest BCUT2D eigenvalue weighted by Gasteiger charge is 2.50. The third-order valence-corrected chi connectivity index (χ3v) is 9.37. The van der Waals surface area contributed by atoms with Gasteiger partial charge in [-0.1, -0.05) is 28.4 Å². The first-order valence-electron chi connectivity index (χ1n) is 13.7. The number of carboxylic acids is 1. The first kappa shape index (κ1) is 28.3. The summed E-state index contributed by atoms with van der Waals surface area (Å²) in [4.78, 5) is 19.1. The largest absolute Gasteiger partial charge is 0.491 e. The van der Waals surface area contributed by atoms with Crippen molar-refractivity contribution >= 4 is 29.2 Å². The summed E-state index contributed by atoms with van der Waals surface area (Å²) < 4.78 is 46.5. The van der Waals surface area contributed by atoms with E-state index < -0.39 is 23.1 Å². The minimum absolute atomic E-state index is 0.106. The normalized spacial score (nSPS) is 24.0. The van der Waals surface area contributed by atoms with E-state index in [4.69, 9.17) is 37.2 Å². The SMILES string of the molecule is CC(F)(F)c1cc(OCC23CCC(OCc4c(-c5c(Cl)cncc5Cl)noc4C4CC4)(CC2)CC3)cnc1C(=O)O. The Labute approximate surface area is 245 Å². The van der Waals surface area contributed by atoms with Gasteiger partial charge in [-0.2, -0.15) is 0 Å². The smallest absolute Gasteiger partial charge is 0.355 e. The highest BCUT2D eigenvalue weighted by Crippen LogP contribution is 2.55. The van der Waals surface area contributed by atoms with Crippen LogP contribution in [0.15, 0.2) is 29.2 Å². The van der Waals surface area contributed by atoms with Gasteiger partial charge in [0.05, 0.1) is 40.6 Å². The van der Waals surface area contributed by atoms with E-state index >= 15 is 0 Å². The van der Waals surface area contributed by atoms with E-state index in [1.807, 2.05) is 0 Å². The summed E-state index contributed by atoms with van der Waals surface area (Å²) in [6.07, 6.45) is 11.4. The van der Waals surface area contributed by atoms with Crippen LogP contribution in [0.3, 0.4) is 0 Å². The van der Waals surface area contributed by atoms with Gasteiger partial charge in [0.25, 0.3) is 5.92 Å². The van der Waals surface area contributed by atoms with Gasteiger partial charge >= 0.3 is 5.97 Å². The third-order valence-electron chi connectivity index (χ3n) is 8.80. The molecule has 0 saturated heterocycles. The van der Waals surface area contributed by atoms with E-state index in [-0.39, 0.29) is 16.8 Å². The molecule has 3 heterocycles. The quantitative estimate of drug-likeness (QED) is 0.248. The monoisotopic (exact) mass is 607 g/mol. The van der Waals surface area contributed by atoms with Gasteiger partial charge < -0.3 is 19.1 Å². The fourth-order valence-corrected chi connectivity index (χ4v) is 6.66. The van der Waals surface area contributed by atoms with Crippen LogP contribution in [0.25, 0.3) is 11.3 Å². The zero-order valence-electron chi connectivity index (χ0n) is 22.4. The predicted molar refractivity (Wildman–Crippen MR) is 146 cm³/mol. The summed E-state index contributed by atoms with van der Waals surface area (Å²) in [7, 11) is 0. The Kier molecular flexibility index (Phi) is 7.23. The van der Waals surface area contributed by atoms with Crippen LogP contribution in [0, 0.1) is 5.41 Å². The molecule has 0 radical (unpaired) electrons. The number of ether oxygens (including phenoxy) is 2. The van der Waals surface area contributed by atoms with Crippen LogP contribution in [-0.2, 0) is 17.3 Å². The zero-order valence-corrected chi connectivity index (χ0v) is 23.9. The molecule has 218 valence electrons. The molecule has 0 spiro atoms. The average molecular weight is 608 g/mol. The number of hydrogen-bond acceptors (Lipinski definition) is 7. The highest BCUT2D eigenvalue weighted by atomic mass is 35.5. The molecule has 41 heavy (non-hydrogen) atoms. The van der Waals surface area contributed by atoms with Crippen LogP contribution >= 0.6 is 23.2 Å². The van der Waals surface area contributed by atoms with Gasteiger partial charge in [0.2, 0.25) is 0 Å². The molecule has 0 atom stereocenters. The molecule has 4 saturated carbocycles. The van der Waals surface area contributed by atoms with Crippen LogP contribution in [0.1, 0.15) is 91.6 Å². The lowest BCUT2D eigenvalue weighted by Crippen LogP contribution is -2.49. The highest BCUT2D eigenvalue weighted by molar-refractivity contribution is 6.38. The maximum atomic E-state index is 14.0. The summed E-state index contributed by atoms with van der Waals surface area (Å²) in [5.41, 5.74) is 0.338. The first-order valence-corrected chi connectivity index (χ1v) is 14.4. The standard InChI is InChI=1S/C29H29Cl2F2N3O5/c1-27(32,33)19-10-17(11-35-24(19)26(37)38)39-15-28-4-7-29(8-5-28,9-6-28)40-14-18-23(36-41-25(18)16-2-3-16)22-20(30)12-34-13-21(22)31/h10-13,16H,2-9,14-15H2,1H3,(H,37,38). The van der Waals surface area contributed by atoms with E-state index in [1.54, 1.807) is 0 Å². The Morgan fingerprint density at radius 2 is 1.78 bits per heavy atom. The van der Waals surface area contributed by atoms with Crippen molar-refractivity contribution in [2.45, 2.75) is 82.3 Å². The van der Waals surface area contributed by atoms with Crippen molar-refractivity contribution < 1.29 is 32.7 Å². The fourth-order valence-electron chi connectivity index (χ4n) is 6.11. The molecular weight excluding hydrogens is 579 g/mol. The number of alkyl halides is 2. The van der Waals surface area contributed by atoms with Crippen molar-refractivity contribution in [3.63, 3.8) is 0 Å². The lowest BCUT2D eigenvalue weighted by Gasteiger charge is -2.52. The van der Waals surface area contributed by atoms with Gasteiger partial charge in [-0.25, -0.2) is 18.6 Å². The molecule has 4 aliphatic rings. The summed E-state index contributed by atoms with van der Waals surface area (Å²) >= 11 is 12.9. The Hall–Kier alpha value is -2.82. The van der Waals surface area contributed by atoms with Gasteiger partial charge in [0.1, 0.15) is 17.2 Å². The maximum Gasteiger partial charge on any atom is 0.355 e. The Morgan fingerprint density at radius 1 is 1.12 bits per heavy atom. The molecule has 0 aromatic carbocycles. The Morgan fingerprint density at radius 3 is 2.37 bits per heavy atom. The van der Waals surface area contributed by atoms with Gasteiger partial charge in [0, 0.05) is 41.8 Å². The van der Waals surface area contributed by atoms with E-state index in [2.05, 4.69) is 15.1 Å². The predicted octanol–water partition coefficient (Wildman–Crippen LogP) is 7.81. The molecule has 12 heteroatoms. The lowest BCUT2D eigenvalue weighted by atomic mass is 9.59. The van der Waals surface area contributed by atoms with Crippen molar-refractivity contribution in [3.8, 4) is 17.0 Å². The van der Waals surface area contributed by atoms with E-state index in [0.29, 0.717) is 47.4 Å².